The van der Waals surface area contributed by atoms with Crippen LogP contribution in [0, 0.1) is 0 Å². The summed E-state index contributed by atoms with van der Waals surface area (Å²) in [4.78, 5) is 2.50. The van der Waals surface area contributed by atoms with Gasteiger partial charge < -0.3 is 5.32 Å². The zero-order chi connectivity index (χ0) is 11.3. The Kier molecular flexibility index (Phi) is 5.34. The first-order chi connectivity index (χ1) is 7.17. The van der Waals surface area contributed by atoms with Crippen molar-refractivity contribution < 1.29 is 0 Å². The number of hydrogen-bond acceptors (Lipinski definition) is 2. The summed E-state index contributed by atoms with van der Waals surface area (Å²) in [6.07, 6.45) is 3.93. The lowest BCUT2D eigenvalue weighted by molar-refractivity contribution is 0.231. The molecule has 0 aliphatic heterocycles. The van der Waals surface area contributed by atoms with Crippen LogP contribution in [0.3, 0.4) is 0 Å². The third-order valence-corrected chi connectivity index (χ3v) is 3.27. The first-order valence-corrected chi connectivity index (χ1v) is 6.31. The van der Waals surface area contributed by atoms with Crippen LogP contribution in [0.5, 0.6) is 0 Å². The van der Waals surface area contributed by atoms with E-state index >= 15 is 0 Å². The van der Waals surface area contributed by atoms with Crippen LogP contribution in [0.4, 0.5) is 0 Å². The normalized spacial score (nSPS) is 18.1. The lowest BCUT2D eigenvalue weighted by atomic mass is 10.2. The van der Waals surface area contributed by atoms with Crippen LogP contribution >= 0.6 is 0 Å². The Morgan fingerprint density at radius 1 is 1.47 bits per heavy atom. The van der Waals surface area contributed by atoms with Gasteiger partial charge in [0, 0.05) is 25.2 Å². The Labute approximate surface area is 94.7 Å². The van der Waals surface area contributed by atoms with Crippen molar-refractivity contribution in [2.75, 3.05) is 19.6 Å². The van der Waals surface area contributed by atoms with Crippen molar-refractivity contribution in [3.63, 3.8) is 0 Å². The van der Waals surface area contributed by atoms with Crippen molar-refractivity contribution in [2.24, 2.45) is 0 Å². The topological polar surface area (TPSA) is 15.3 Å². The van der Waals surface area contributed by atoms with Crippen LogP contribution in [0.1, 0.15) is 40.0 Å². The van der Waals surface area contributed by atoms with Crippen LogP contribution in [0.25, 0.3) is 0 Å². The Balaban J connectivity index is 2.20. The van der Waals surface area contributed by atoms with E-state index in [4.69, 9.17) is 0 Å². The minimum absolute atomic E-state index is 0.674. The average molecular weight is 210 g/mol. The second-order valence-electron chi connectivity index (χ2n) is 4.73. The SMILES string of the molecule is C=C(CNC1CC1)CN(CC)C(C)CC. The Morgan fingerprint density at radius 3 is 2.60 bits per heavy atom. The molecule has 1 unspecified atom stereocenters. The zero-order valence-corrected chi connectivity index (χ0v) is 10.6. The molecule has 1 rings (SSSR count). The molecule has 1 aliphatic carbocycles. The molecule has 0 heterocycles. The minimum Gasteiger partial charge on any atom is -0.310 e. The first kappa shape index (κ1) is 12.7. The third-order valence-electron chi connectivity index (χ3n) is 3.27. The zero-order valence-electron chi connectivity index (χ0n) is 10.6. The summed E-state index contributed by atoms with van der Waals surface area (Å²) in [7, 11) is 0. The predicted octanol–water partition coefficient (Wildman–Crippen LogP) is 2.42. The number of likely N-dealkylation sites (N-methyl/N-ethyl adjacent to an activating group) is 1. The van der Waals surface area contributed by atoms with Crippen molar-refractivity contribution in [3.05, 3.63) is 12.2 Å². The van der Waals surface area contributed by atoms with Gasteiger partial charge in [0.2, 0.25) is 0 Å². The van der Waals surface area contributed by atoms with E-state index in [1.54, 1.807) is 0 Å². The summed E-state index contributed by atoms with van der Waals surface area (Å²) in [5.41, 5.74) is 1.32. The highest BCUT2D eigenvalue weighted by Gasteiger charge is 2.20. The van der Waals surface area contributed by atoms with Gasteiger partial charge in [0.1, 0.15) is 0 Å². The molecule has 1 N–H and O–H groups in total. The van der Waals surface area contributed by atoms with Crippen molar-refractivity contribution in [1.82, 2.24) is 10.2 Å². The Morgan fingerprint density at radius 2 is 2.13 bits per heavy atom. The van der Waals surface area contributed by atoms with Gasteiger partial charge in [0.15, 0.2) is 0 Å². The lowest BCUT2D eigenvalue weighted by Crippen LogP contribution is -2.35. The number of nitrogens with one attached hydrogen (secondary N) is 1. The average Bonchev–Trinajstić information content (AvgIpc) is 3.05. The molecule has 1 saturated carbocycles. The van der Waals surface area contributed by atoms with E-state index in [2.05, 4.69) is 37.6 Å². The summed E-state index contributed by atoms with van der Waals surface area (Å²) < 4.78 is 0. The summed E-state index contributed by atoms with van der Waals surface area (Å²) in [6, 6.07) is 1.47. The summed E-state index contributed by atoms with van der Waals surface area (Å²) in [6.45, 7) is 14.1. The monoisotopic (exact) mass is 210 g/mol. The maximum atomic E-state index is 4.15. The highest BCUT2D eigenvalue weighted by atomic mass is 15.1. The molecule has 0 saturated heterocycles. The van der Waals surface area contributed by atoms with E-state index in [0.29, 0.717) is 6.04 Å². The highest BCUT2D eigenvalue weighted by molar-refractivity contribution is 5.02. The number of hydrogen-bond donors (Lipinski definition) is 1. The van der Waals surface area contributed by atoms with Crippen molar-refractivity contribution >= 4 is 0 Å². The molecule has 88 valence electrons. The largest absolute Gasteiger partial charge is 0.310 e. The van der Waals surface area contributed by atoms with Gasteiger partial charge in [-0.05, 0) is 38.3 Å². The van der Waals surface area contributed by atoms with Crippen molar-refractivity contribution in [3.8, 4) is 0 Å². The number of nitrogens with zero attached hydrogens (tertiary/aromatic N) is 1. The fourth-order valence-electron chi connectivity index (χ4n) is 1.76. The summed E-state index contributed by atoms with van der Waals surface area (Å²) in [5, 5.41) is 3.52. The van der Waals surface area contributed by atoms with Gasteiger partial charge in [-0.1, -0.05) is 20.4 Å². The second-order valence-corrected chi connectivity index (χ2v) is 4.73. The molecule has 0 aromatic rings. The highest BCUT2D eigenvalue weighted by Crippen LogP contribution is 2.18. The molecule has 1 atom stereocenters. The fraction of sp³-hybridized carbons (Fsp3) is 0.846. The number of rotatable bonds is 8. The molecule has 0 radical (unpaired) electrons. The Hall–Kier alpha value is -0.340. The molecule has 1 fully saturated rings. The van der Waals surface area contributed by atoms with E-state index in [0.717, 1.165) is 25.7 Å². The van der Waals surface area contributed by atoms with Crippen LogP contribution in [0.15, 0.2) is 12.2 Å². The lowest BCUT2D eigenvalue weighted by Gasteiger charge is -2.27. The summed E-state index contributed by atoms with van der Waals surface area (Å²) in [5.74, 6) is 0. The molecule has 0 aromatic carbocycles. The van der Waals surface area contributed by atoms with Gasteiger partial charge >= 0.3 is 0 Å². The van der Waals surface area contributed by atoms with Crippen LogP contribution in [0.2, 0.25) is 0 Å². The molecule has 0 aromatic heterocycles. The van der Waals surface area contributed by atoms with Crippen LogP contribution in [-0.2, 0) is 0 Å². The molecule has 1 aliphatic rings. The van der Waals surface area contributed by atoms with E-state index in [-0.39, 0.29) is 0 Å². The third kappa shape index (κ3) is 4.80. The smallest absolute Gasteiger partial charge is 0.0205 e. The van der Waals surface area contributed by atoms with Gasteiger partial charge in [-0.15, -0.1) is 0 Å². The summed E-state index contributed by atoms with van der Waals surface area (Å²) >= 11 is 0. The standard InChI is InChI=1S/C13H26N2/c1-5-12(4)15(6-2)10-11(3)9-14-13-7-8-13/h12-14H,3,5-10H2,1-2,4H3. The Bertz CT molecular complexity index is 197. The maximum absolute atomic E-state index is 4.15. The molecule has 2 nitrogen and oxygen atoms in total. The maximum Gasteiger partial charge on any atom is 0.0205 e. The molecular weight excluding hydrogens is 184 g/mol. The van der Waals surface area contributed by atoms with E-state index in [1.807, 2.05) is 0 Å². The van der Waals surface area contributed by atoms with Crippen LogP contribution in [-0.4, -0.2) is 36.6 Å². The minimum atomic E-state index is 0.674. The van der Waals surface area contributed by atoms with E-state index < -0.39 is 0 Å². The first-order valence-electron chi connectivity index (χ1n) is 6.31. The van der Waals surface area contributed by atoms with Crippen molar-refractivity contribution in [2.45, 2.75) is 52.1 Å². The molecule has 0 bridgehead atoms. The molecular formula is C13H26N2. The van der Waals surface area contributed by atoms with E-state index in [1.165, 1.54) is 24.8 Å². The quantitative estimate of drug-likeness (QED) is 0.619. The molecule has 15 heavy (non-hydrogen) atoms. The van der Waals surface area contributed by atoms with Gasteiger partial charge in [-0.25, -0.2) is 0 Å². The second kappa shape index (κ2) is 6.29. The molecule has 0 spiro atoms. The molecule has 0 amide bonds. The predicted molar refractivity (Wildman–Crippen MR) is 67.2 cm³/mol. The van der Waals surface area contributed by atoms with Gasteiger partial charge in [-0.3, -0.25) is 4.90 Å². The fourth-order valence-corrected chi connectivity index (χ4v) is 1.76. The van der Waals surface area contributed by atoms with Gasteiger partial charge in [-0.2, -0.15) is 0 Å². The molecule has 2 heteroatoms. The van der Waals surface area contributed by atoms with Crippen molar-refractivity contribution in [1.29, 1.82) is 0 Å². The van der Waals surface area contributed by atoms with Crippen LogP contribution < -0.4 is 5.32 Å². The van der Waals surface area contributed by atoms with Gasteiger partial charge in [0.05, 0.1) is 0 Å². The van der Waals surface area contributed by atoms with Gasteiger partial charge in [0.25, 0.3) is 0 Å². The van der Waals surface area contributed by atoms with E-state index in [9.17, 15) is 0 Å².